The number of aliphatic hydroxyl groups is 1. The van der Waals surface area contributed by atoms with E-state index in [-0.39, 0.29) is 5.91 Å². The molecule has 3 aromatic rings. The topological polar surface area (TPSA) is 96.7 Å². The molecule has 8 nitrogen and oxygen atoms in total. The Morgan fingerprint density at radius 1 is 1.28 bits per heavy atom. The van der Waals surface area contributed by atoms with Gasteiger partial charge in [0.1, 0.15) is 11.4 Å². The molecule has 0 bridgehead atoms. The minimum Gasteiger partial charge on any atom is -0.429 e. The second-order valence-electron chi connectivity index (χ2n) is 7.82. The van der Waals surface area contributed by atoms with Crippen LogP contribution >= 0.6 is 11.3 Å². The molecule has 1 unspecified atom stereocenters. The number of ether oxygens (including phenoxy) is 1. The first-order chi connectivity index (χ1) is 15.5. The van der Waals surface area contributed by atoms with Crippen LogP contribution in [0.3, 0.4) is 0 Å². The summed E-state index contributed by atoms with van der Waals surface area (Å²) in [6.07, 6.45) is 4.75. The summed E-state index contributed by atoms with van der Waals surface area (Å²) >= 11 is 1.63. The van der Waals surface area contributed by atoms with Crippen LogP contribution in [0, 0.1) is 0 Å². The number of thiazole rings is 1. The average molecular weight is 455 g/mol. The second-order valence-corrected chi connectivity index (χ2v) is 8.66. The molecule has 4 rings (SSSR count). The monoisotopic (exact) mass is 454 g/mol. The minimum atomic E-state index is -0.693. The third-order valence-electron chi connectivity index (χ3n) is 5.43. The maximum atomic E-state index is 13.0. The number of nitrogens with one attached hydrogen (secondary N) is 1. The summed E-state index contributed by atoms with van der Waals surface area (Å²) in [5, 5.41) is 15.9. The Morgan fingerprint density at radius 3 is 2.72 bits per heavy atom. The van der Waals surface area contributed by atoms with Crippen LogP contribution in [0.25, 0.3) is 0 Å². The zero-order chi connectivity index (χ0) is 22.5. The fourth-order valence-corrected chi connectivity index (χ4v) is 4.59. The van der Waals surface area contributed by atoms with Gasteiger partial charge in [-0.05, 0) is 62.1 Å². The van der Waals surface area contributed by atoms with Gasteiger partial charge in [0.05, 0.1) is 18.3 Å². The molecule has 2 N–H and O–H groups in total. The van der Waals surface area contributed by atoms with E-state index in [0.717, 1.165) is 23.9 Å². The van der Waals surface area contributed by atoms with Crippen molar-refractivity contribution in [1.29, 1.82) is 0 Å². The van der Waals surface area contributed by atoms with E-state index < -0.39 is 6.10 Å². The van der Waals surface area contributed by atoms with Gasteiger partial charge in [-0.15, -0.1) is 11.3 Å². The summed E-state index contributed by atoms with van der Waals surface area (Å²) in [7, 11) is 0. The maximum absolute atomic E-state index is 13.0. The van der Waals surface area contributed by atoms with Crippen molar-refractivity contribution in [3.05, 3.63) is 58.9 Å². The van der Waals surface area contributed by atoms with Crippen molar-refractivity contribution in [2.24, 2.45) is 0 Å². The third kappa shape index (κ3) is 5.17. The number of hydrogen-bond acceptors (Lipinski definition) is 7. The number of amides is 1. The quantitative estimate of drug-likeness (QED) is 0.502. The molecule has 1 saturated heterocycles. The van der Waals surface area contributed by atoms with Gasteiger partial charge in [0.15, 0.2) is 5.13 Å². The fourth-order valence-electron chi connectivity index (χ4n) is 3.72. The van der Waals surface area contributed by atoms with E-state index in [0.29, 0.717) is 35.7 Å². The molecule has 1 atom stereocenters. The van der Waals surface area contributed by atoms with Crippen molar-refractivity contribution >= 4 is 34.5 Å². The lowest BCUT2D eigenvalue weighted by atomic mass is 10.1. The molecule has 0 spiro atoms. The Bertz CT molecular complexity index is 1070. The molecule has 0 saturated carbocycles. The van der Waals surface area contributed by atoms with Gasteiger partial charge in [0.25, 0.3) is 12.4 Å². The van der Waals surface area contributed by atoms with Crippen LogP contribution in [0.4, 0.5) is 10.8 Å². The first-order valence-corrected chi connectivity index (χ1v) is 11.5. The largest absolute Gasteiger partial charge is 0.429 e. The molecular weight excluding hydrogens is 428 g/mol. The predicted molar refractivity (Wildman–Crippen MR) is 123 cm³/mol. The summed E-state index contributed by atoms with van der Waals surface area (Å²) in [4.78, 5) is 30.5. The Hall–Kier alpha value is -3.17. The predicted octanol–water partition coefficient (Wildman–Crippen LogP) is 3.82. The lowest BCUT2D eigenvalue weighted by Gasteiger charge is -2.25. The van der Waals surface area contributed by atoms with Crippen molar-refractivity contribution in [3.8, 4) is 5.75 Å². The highest BCUT2D eigenvalue weighted by molar-refractivity contribution is 7.13. The Labute approximate surface area is 190 Å². The molecule has 3 heterocycles. The summed E-state index contributed by atoms with van der Waals surface area (Å²) in [5.74, 6) is 0.0956. The zero-order valence-corrected chi connectivity index (χ0v) is 18.7. The number of aromatic nitrogens is 2. The number of benzene rings is 1. The van der Waals surface area contributed by atoms with Crippen molar-refractivity contribution in [2.75, 3.05) is 23.3 Å². The molecule has 0 aliphatic carbocycles. The first-order valence-electron chi connectivity index (χ1n) is 10.6. The van der Waals surface area contributed by atoms with Gasteiger partial charge in [-0.2, -0.15) is 0 Å². The minimum absolute atomic E-state index is 0.299. The number of carbonyl (C=O) groups excluding carboxylic acids is 2. The number of hydrogen-bond donors (Lipinski definition) is 2. The molecule has 0 radical (unpaired) electrons. The number of anilines is 2. The number of rotatable bonds is 8. The summed E-state index contributed by atoms with van der Waals surface area (Å²) in [6, 6.07) is 8.21. The van der Waals surface area contributed by atoms with E-state index in [1.807, 2.05) is 9.95 Å². The van der Waals surface area contributed by atoms with Crippen LogP contribution in [-0.4, -0.2) is 40.1 Å². The number of piperidine rings is 1. The molecule has 32 heavy (non-hydrogen) atoms. The van der Waals surface area contributed by atoms with E-state index in [9.17, 15) is 14.7 Å². The normalized spacial score (nSPS) is 14.8. The smallest absolute Gasteiger partial charge is 0.298 e. The van der Waals surface area contributed by atoms with Crippen LogP contribution in [0.15, 0.2) is 41.9 Å². The number of carbonyl (C=O) groups is 2. The van der Waals surface area contributed by atoms with Crippen molar-refractivity contribution in [1.82, 2.24) is 9.55 Å². The molecule has 1 amide bonds. The third-order valence-corrected chi connectivity index (χ3v) is 6.38. The second kappa shape index (κ2) is 9.97. The van der Waals surface area contributed by atoms with E-state index >= 15 is 0 Å². The van der Waals surface area contributed by atoms with Crippen LogP contribution in [0.5, 0.6) is 5.75 Å². The van der Waals surface area contributed by atoms with Gasteiger partial charge in [-0.25, -0.2) is 4.98 Å². The molecule has 168 valence electrons. The first kappa shape index (κ1) is 22.0. The zero-order valence-electron chi connectivity index (χ0n) is 17.9. The van der Waals surface area contributed by atoms with Gasteiger partial charge in [-0.3, -0.25) is 9.59 Å². The van der Waals surface area contributed by atoms with Gasteiger partial charge in [0, 0.05) is 30.4 Å². The van der Waals surface area contributed by atoms with E-state index in [1.165, 1.54) is 19.3 Å². The highest BCUT2D eigenvalue weighted by Gasteiger charge is 2.19. The standard InChI is InChI=1S/C23H26N4O4S/c1-16(29)17-11-21(22(30)24-18-5-7-20(8-6-18)31-15-28)27(12-17)13-19-14-32-23(25-19)26-9-3-2-4-10-26/h5-8,11-12,14-16,29H,2-4,9-10,13H2,1H3,(H,24,30). The van der Waals surface area contributed by atoms with Crippen LogP contribution < -0.4 is 15.0 Å². The van der Waals surface area contributed by atoms with Gasteiger partial charge in [0.2, 0.25) is 0 Å². The Balaban J connectivity index is 1.51. The lowest BCUT2D eigenvalue weighted by molar-refractivity contribution is -0.120. The van der Waals surface area contributed by atoms with E-state index in [1.54, 1.807) is 54.8 Å². The summed E-state index contributed by atoms with van der Waals surface area (Å²) < 4.78 is 6.59. The SMILES string of the molecule is CC(O)c1cc(C(=O)Nc2ccc(OC=O)cc2)n(Cc2csc(N3CCCCC3)n2)c1. The molecular formula is C23H26N4O4S. The van der Waals surface area contributed by atoms with Crippen molar-refractivity contribution in [3.63, 3.8) is 0 Å². The van der Waals surface area contributed by atoms with E-state index in [4.69, 9.17) is 9.72 Å². The maximum Gasteiger partial charge on any atom is 0.298 e. The molecule has 1 fully saturated rings. The number of aliphatic hydroxyl groups excluding tert-OH is 1. The summed E-state index contributed by atoms with van der Waals surface area (Å²) in [5.41, 5.74) is 2.55. The lowest BCUT2D eigenvalue weighted by Crippen LogP contribution is -2.29. The van der Waals surface area contributed by atoms with Crippen LogP contribution in [0.2, 0.25) is 0 Å². The molecule has 1 aliphatic rings. The highest BCUT2D eigenvalue weighted by atomic mass is 32.1. The Morgan fingerprint density at radius 2 is 2.03 bits per heavy atom. The molecule has 1 aliphatic heterocycles. The van der Waals surface area contributed by atoms with E-state index in [2.05, 4.69) is 10.2 Å². The van der Waals surface area contributed by atoms with Gasteiger partial charge in [-0.1, -0.05) is 0 Å². The molecule has 1 aromatic carbocycles. The molecule has 9 heteroatoms. The van der Waals surface area contributed by atoms with Crippen molar-refractivity contribution in [2.45, 2.75) is 38.8 Å². The van der Waals surface area contributed by atoms with Crippen LogP contribution in [-0.2, 0) is 11.3 Å². The highest BCUT2D eigenvalue weighted by Crippen LogP contribution is 2.26. The fraction of sp³-hybridized carbons (Fsp3) is 0.348. The van der Waals surface area contributed by atoms with Crippen LogP contribution in [0.1, 0.15) is 54.0 Å². The average Bonchev–Trinajstić information content (AvgIpc) is 3.44. The van der Waals surface area contributed by atoms with Gasteiger partial charge < -0.3 is 24.6 Å². The van der Waals surface area contributed by atoms with Crippen molar-refractivity contribution < 1.29 is 19.4 Å². The number of nitrogens with zero attached hydrogens (tertiary/aromatic N) is 3. The molecule has 2 aromatic heterocycles. The Kier molecular flexibility index (Phi) is 6.87. The van der Waals surface area contributed by atoms with Gasteiger partial charge >= 0.3 is 0 Å². The summed E-state index contributed by atoms with van der Waals surface area (Å²) in [6.45, 7) is 4.53.